The van der Waals surface area contributed by atoms with Crippen LogP contribution < -0.4 is 10.1 Å². The second-order valence-corrected chi connectivity index (χ2v) is 15.9. The van der Waals surface area contributed by atoms with Gasteiger partial charge in [-0.25, -0.2) is 14.4 Å². The second-order valence-electron chi connectivity index (χ2n) is 14.8. The minimum absolute atomic E-state index is 0.0236. The number of hydrogen-bond donors (Lipinski definition) is 1. The van der Waals surface area contributed by atoms with Crippen LogP contribution in [0, 0.1) is 42.8 Å². The lowest BCUT2D eigenvalue weighted by atomic mass is 9.79. The number of carbonyl (C=O) groups excluding carboxylic acids is 1. The van der Waals surface area contributed by atoms with E-state index >= 15 is 4.39 Å². The van der Waals surface area contributed by atoms with Crippen molar-refractivity contribution in [2.45, 2.75) is 76.6 Å². The molecule has 52 heavy (non-hydrogen) atoms. The molecule has 2 aromatic carbocycles. The molecule has 2 aliphatic carbocycles. The van der Waals surface area contributed by atoms with Crippen LogP contribution in [0.4, 0.5) is 4.39 Å². The van der Waals surface area contributed by atoms with Gasteiger partial charge in [0.15, 0.2) is 5.82 Å². The van der Waals surface area contributed by atoms with Gasteiger partial charge in [0, 0.05) is 76.4 Å². The van der Waals surface area contributed by atoms with Crippen molar-refractivity contribution in [2.75, 3.05) is 13.1 Å². The number of halogens is 4. The number of nitriles is 1. The quantitative estimate of drug-likeness (QED) is 0.159. The summed E-state index contributed by atoms with van der Waals surface area (Å²) >= 11 is 19.5. The molecule has 10 rings (SSSR count). The summed E-state index contributed by atoms with van der Waals surface area (Å²) in [6.07, 6.45) is 5.34. The van der Waals surface area contributed by atoms with E-state index in [-0.39, 0.29) is 53.0 Å². The topological polar surface area (TPSA) is 96.1 Å². The first-order chi connectivity index (χ1) is 25.1. The molecule has 1 N–H and O–H groups in total. The molecule has 3 aromatic heterocycles. The molecule has 2 saturated carbocycles. The van der Waals surface area contributed by atoms with E-state index in [9.17, 15) is 10.1 Å². The molecule has 12 heteroatoms. The molecule has 5 atom stereocenters. The van der Waals surface area contributed by atoms with Crippen molar-refractivity contribution in [2.24, 2.45) is 11.8 Å². The Hall–Kier alpha value is -3.94. The fraction of sp³-hybridized carbons (Fsp3) is 0.400. The normalized spacial score (nSPS) is 23.7. The summed E-state index contributed by atoms with van der Waals surface area (Å²) in [6, 6.07) is 13.5. The predicted octanol–water partition coefficient (Wildman–Crippen LogP) is 9.09. The smallest absolute Gasteiger partial charge is 0.226 e. The zero-order chi connectivity index (χ0) is 36.0. The number of hydrogen-bond acceptors (Lipinski definition) is 6. The van der Waals surface area contributed by atoms with Gasteiger partial charge in [-0.05, 0) is 75.3 Å². The highest BCUT2D eigenvalue weighted by molar-refractivity contribution is 6.43. The van der Waals surface area contributed by atoms with Crippen LogP contribution in [-0.2, 0) is 11.2 Å². The lowest BCUT2D eigenvalue weighted by Gasteiger charge is -2.39. The molecule has 8 nitrogen and oxygen atoms in total. The minimum Gasteiger partial charge on any atom is -0.488 e. The molecule has 6 heterocycles. The van der Waals surface area contributed by atoms with Crippen molar-refractivity contribution in [1.82, 2.24) is 24.8 Å². The molecule has 5 unspecified atom stereocenters. The van der Waals surface area contributed by atoms with Crippen LogP contribution in [0.15, 0.2) is 42.6 Å². The number of benzene rings is 2. The van der Waals surface area contributed by atoms with Crippen molar-refractivity contribution < 1.29 is 13.9 Å². The van der Waals surface area contributed by atoms with Gasteiger partial charge in [0.2, 0.25) is 5.91 Å². The zero-order valence-electron chi connectivity index (χ0n) is 28.7. The highest BCUT2D eigenvalue weighted by Gasteiger charge is 2.51. The van der Waals surface area contributed by atoms with Crippen LogP contribution in [0.1, 0.15) is 66.7 Å². The molecule has 266 valence electrons. The van der Waals surface area contributed by atoms with Gasteiger partial charge < -0.3 is 19.5 Å². The van der Waals surface area contributed by atoms with E-state index in [4.69, 9.17) is 44.5 Å². The van der Waals surface area contributed by atoms with Gasteiger partial charge in [0.1, 0.15) is 22.5 Å². The van der Waals surface area contributed by atoms with E-state index in [0.29, 0.717) is 69.0 Å². The monoisotopic (exact) mass is 756 g/mol. The maximum Gasteiger partial charge on any atom is 0.226 e. The van der Waals surface area contributed by atoms with E-state index in [1.807, 2.05) is 30.9 Å². The number of fused-ring (bicyclic) bond motifs is 4. The van der Waals surface area contributed by atoms with E-state index in [2.05, 4.69) is 27.0 Å². The van der Waals surface area contributed by atoms with Crippen molar-refractivity contribution in [3.8, 4) is 22.9 Å². The molecule has 0 radical (unpaired) electrons. The minimum atomic E-state index is -0.491. The molecular formula is C40H36Cl3FN6O2. The first-order valence-electron chi connectivity index (χ1n) is 17.9. The van der Waals surface area contributed by atoms with Crippen molar-refractivity contribution in [3.05, 3.63) is 86.1 Å². The molecule has 3 saturated heterocycles. The van der Waals surface area contributed by atoms with E-state index in [1.54, 1.807) is 24.4 Å². The van der Waals surface area contributed by atoms with Crippen LogP contribution in [0.2, 0.25) is 15.2 Å². The number of nitrogens with zero attached hydrogens (tertiary/aromatic N) is 5. The third kappa shape index (κ3) is 5.36. The van der Waals surface area contributed by atoms with Gasteiger partial charge in [-0.15, -0.1) is 0 Å². The Morgan fingerprint density at radius 2 is 1.96 bits per heavy atom. The highest BCUT2D eigenvalue weighted by Crippen LogP contribution is 2.51. The maximum absolute atomic E-state index is 17.2. The highest BCUT2D eigenvalue weighted by atomic mass is 35.5. The average molecular weight is 758 g/mol. The fourth-order valence-electron chi connectivity index (χ4n) is 8.87. The van der Waals surface area contributed by atoms with Crippen molar-refractivity contribution in [3.63, 3.8) is 0 Å². The SMILES string of the molecule is Cc1c(OC2CC(c3cc4c(C)nc5c(F)c(-c6cccc(Cl)c6Cl)c(CCC#N)cc5c4n3C3C4CNC3C4)N(C(=O)C3CC3)C2)ccnc1Cl. The van der Waals surface area contributed by atoms with Gasteiger partial charge in [0.05, 0.1) is 40.3 Å². The van der Waals surface area contributed by atoms with E-state index in [0.717, 1.165) is 48.0 Å². The third-order valence-corrected chi connectivity index (χ3v) is 12.8. The summed E-state index contributed by atoms with van der Waals surface area (Å²) in [7, 11) is 0. The van der Waals surface area contributed by atoms with Crippen LogP contribution in [0.25, 0.3) is 32.9 Å². The van der Waals surface area contributed by atoms with Crippen molar-refractivity contribution in [1.29, 1.82) is 5.26 Å². The van der Waals surface area contributed by atoms with Crippen LogP contribution >= 0.6 is 34.8 Å². The third-order valence-electron chi connectivity index (χ3n) is 11.6. The first-order valence-corrected chi connectivity index (χ1v) is 19.1. The van der Waals surface area contributed by atoms with Crippen LogP contribution in [0.3, 0.4) is 0 Å². The molecule has 2 bridgehead atoms. The van der Waals surface area contributed by atoms with Crippen LogP contribution in [0.5, 0.6) is 5.75 Å². The number of nitrogens with one attached hydrogen (secondary N) is 1. The number of aromatic nitrogens is 3. The molecule has 5 aliphatic rings. The molecule has 5 fully saturated rings. The zero-order valence-corrected chi connectivity index (χ0v) is 31.0. The Morgan fingerprint density at radius 1 is 1.13 bits per heavy atom. The number of likely N-dealkylation sites (tertiary alicyclic amines) is 1. The van der Waals surface area contributed by atoms with E-state index < -0.39 is 5.82 Å². The average Bonchev–Trinajstić information content (AvgIpc) is 3.42. The predicted molar refractivity (Wildman–Crippen MR) is 200 cm³/mol. The molecule has 5 aromatic rings. The van der Waals surface area contributed by atoms with Gasteiger partial charge in [-0.3, -0.25) is 4.79 Å². The van der Waals surface area contributed by atoms with E-state index in [1.165, 1.54) is 0 Å². The Labute approximate surface area is 315 Å². The Bertz CT molecular complexity index is 2340. The first kappa shape index (κ1) is 33.9. The maximum atomic E-state index is 17.2. The van der Waals surface area contributed by atoms with Gasteiger partial charge >= 0.3 is 0 Å². The summed E-state index contributed by atoms with van der Waals surface area (Å²) in [6.45, 7) is 5.16. The van der Waals surface area contributed by atoms with Crippen LogP contribution in [-0.4, -0.2) is 50.6 Å². The standard InChI is InChI=1S/C40H36Cl3FN6O2/c1-19-32(10-12-46-39(19)43)52-24-15-30(49(18-24)40(51)21-8-9-21)31-16-26-20(2)48-36-27(38(26)50(31)37-23-14-29(37)47-17-23)13-22(5-4-11-45)33(35(36)44)25-6-3-7-28(41)34(25)42/h3,6-7,10,12-13,16,21,23-24,29-30,37,47H,4-5,8-9,14-15,17-18H2,1-2H3. The number of amides is 1. The summed E-state index contributed by atoms with van der Waals surface area (Å²) < 4.78 is 26.2. The van der Waals surface area contributed by atoms with Gasteiger partial charge in [-0.2, -0.15) is 5.26 Å². The number of pyridine rings is 2. The Morgan fingerprint density at radius 3 is 2.69 bits per heavy atom. The summed E-state index contributed by atoms with van der Waals surface area (Å²) in [5.41, 5.74) is 5.07. The Balaban J connectivity index is 1.26. The fourth-order valence-corrected chi connectivity index (χ4v) is 9.42. The summed E-state index contributed by atoms with van der Waals surface area (Å²) in [5.74, 6) is 0.747. The molecule has 3 aliphatic heterocycles. The summed E-state index contributed by atoms with van der Waals surface area (Å²) in [4.78, 5) is 25.1. The molecule has 1 amide bonds. The van der Waals surface area contributed by atoms with Crippen molar-refractivity contribution >= 4 is 62.5 Å². The lowest BCUT2D eigenvalue weighted by Crippen LogP contribution is -2.41. The molecular weight excluding hydrogens is 722 g/mol. The lowest BCUT2D eigenvalue weighted by molar-refractivity contribution is -0.133. The second kappa shape index (κ2) is 12.9. The number of aryl methyl sites for hydroxylation is 2. The van der Waals surface area contributed by atoms with Gasteiger partial charge in [-0.1, -0.05) is 46.9 Å². The number of ether oxygens (including phenoxy) is 1. The molecule has 0 spiro atoms. The number of rotatable bonds is 8. The van der Waals surface area contributed by atoms with Gasteiger partial charge in [0.25, 0.3) is 0 Å². The Kier molecular flexibility index (Phi) is 8.39. The largest absolute Gasteiger partial charge is 0.488 e. The number of carbonyl (C=O) groups is 1. The summed E-state index contributed by atoms with van der Waals surface area (Å²) in [5, 5.41) is 15.9.